The molecule has 0 heterocycles. The predicted molar refractivity (Wildman–Crippen MR) is 110 cm³/mol. The number of hydrogen-bond acceptors (Lipinski definition) is 3. The molecule has 0 fully saturated rings. The first-order valence-corrected chi connectivity index (χ1v) is 7.75. The number of hydrogen-bond donors (Lipinski definition) is 3. The molecule has 0 rings (SSSR count). The van der Waals surface area contributed by atoms with E-state index in [0.717, 1.165) is 5.57 Å². The van der Waals surface area contributed by atoms with Crippen molar-refractivity contribution in [2.75, 3.05) is 40.3 Å². The molecule has 0 aliphatic carbocycles. The lowest BCUT2D eigenvalue weighted by Gasteiger charge is -2.25. The Kier molecular flexibility index (Phi) is 12.6. The fourth-order valence-electron chi connectivity index (χ4n) is 1.48. The van der Waals surface area contributed by atoms with Gasteiger partial charge in [-0.25, -0.2) is 4.99 Å². The van der Waals surface area contributed by atoms with E-state index >= 15 is 0 Å². The Hall–Kier alpha value is -1.32. The Balaban J connectivity index is 0. The van der Waals surface area contributed by atoms with E-state index in [1.165, 1.54) is 4.90 Å². The number of likely N-dealkylation sites (N-methyl/N-ethyl adjacent to an activating group) is 1. The summed E-state index contributed by atoms with van der Waals surface area (Å²) in [7, 11) is 3.37. The minimum absolute atomic E-state index is 0. The van der Waals surface area contributed by atoms with Gasteiger partial charge in [-0.3, -0.25) is 9.59 Å². The highest BCUT2D eigenvalue weighted by atomic mass is 127. The van der Waals surface area contributed by atoms with Crippen molar-refractivity contribution >= 4 is 41.8 Å². The third kappa shape index (κ3) is 10.5. The fourth-order valence-corrected chi connectivity index (χ4v) is 1.48. The molecule has 0 radical (unpaired) electrons. The highest BCUT2D eigenvalue weighted by Crippen LogP contribution is 2.13. The van der Waals surface area contributed by atoms with Gasteiger partial charge in [0.15, 0.2) is 5.96 Å². The SMILES string of the molecule is C=C(C)CNC(=NCC(=O)N(C)C)NCC(C)(C)C(=O)NCC.I. The number of guanidine groups is 1. The van der Waals surface area contributed by atoms with E-state index in [-0.39, 0.29) is 42.3 Å². The number of nitrogens with zero attached hydrogens (tertiary/aromatic N) is 2. The molecule has 0 aromatic heterocycles. The molecule has 7 nitrogen and oxygen atoms in total. The van der Waals surface area contributed by atoms with Gasteiger partial charge in [0.25, 0.3) is 0 Å². The van der Waals surface area contributed by atoms with Gasteiger partial charge in [-0.05, 0) is 27.7 Å². The van der Waals surface area contributed by atoms with Crippen LogP contribution in [0.3, 0.4) is 0 Å². The zero-order valence-corrected chi connectivity index (χ0v) is 18.0. The molecule has 140 valence electrons. The molecule has 0 unspecified atom stereocenters. The molecule has 0 spiro atoms. The van der Waals surface area contributed by atoms with Gasteiger partial charge < -0.3 is 20.9 Å². The highest BCUT2D eigenvalue weighted by molar-refractivity contribution is 14.0. The number of aliphatic imine (C=N–C) groups is 1. The van der Waals surface area contributed by atoms with Crippen molar-refractivity contribution in [1.29, 1.82) is 0 Å². The van der Waals surface area contributed by atoms with Crippen LogP contribution in [0.5, 0.6) is 0 Å². The molecule has 24 heavy (non-hydrogen) atoms. The minimum atomic E-state index is -0.590. The monoisotopic (exact) mass is 453 g/mol. The molecule has 2 amide bonds. The number of halogens is 1. The van der Waals surface area contributed by atoms with E-state index in [9.17, 15) is 9.59 Å². The Morgan fingerprint density at radius 1 is 1.17 bits per heavy atom. The van der Waals surface area contributed by atoms with E-state index in [4.69, 9.17) is 0 Å². The summed E-state index contributed by atoms with van der Waals surface area (Å²) in [4.78, 5) is 29.4. The third-order valence-corrected chi connectivity index (χ3v) is 3.08. The summed E-state index contributed by atoms with van der Waals surface area (Å²) in [6.07, 6.45) is 0. The Morgan fingerprint density at radius 3 is 2.21 bits per heavy atom. The number of carbonyl (C=O) groups is 2. The lowest BCUT2D eigenvalue weighted by molar-refractivity contribution is -0.129. The normalized spacial score (nSPS) is 11.2. The summed E-state index contributed by atoms with van der Waals surface area (Å²) in [6.45, 7) is 12.9. The van der Waals surface area contributed by atoms with Crippen LogP contribution in [0.2, 0.25) is 0 Å². The summed E-state index contributed by atoms with van der Waals surface area (Å²) in [5, 5.41) is 9.02. The molecule has 0 aliphatic rings. The first kappa shape index (κ1) is 24.9. The standard InChI is InChI=1S/C16H31N5O2.HI/c1-8-17-14(23)16(4,5)11-20-15(18-9-12(2)3)19-10-13(22)21(6)7;/h2,8-11H2,1,3-7H3,(H,17,23)(H2,18,19,20);1H. The molecule has 0 saturated carbocycles. The van der Waals surface area contributed by atoms with Crippen LogP contribution < -0.4 is 16.0 Å². The summed E-state index contributed by atoms with van der Waals surface area (Å²) >= 11 is 0. The maximum atomic E-state index is 12.0. The molecular weight excluding hydrogens is 421 g/mol. The molecule has 0 atom stereocenters. The molecular formula is C16H32IN5O2. The summed E-state index contributed by atoms with van der Waals surface area (Å²) in [6, 6.07) is 0. The van der Waals surface area contributed by atoms with Crippen molar-refractivity contribution < 1.29 is 9.59 Å². The number of amides is 2. The van der Waals surface area contributed by atoms with Gasteiger partial charge in [0.2, 0.25) is 11.8 Å². The van der Waals surface area contributed by atoms with Crippen LogP contribution >= 0.6 is 24.0 Å². The van der Waals surface area contributed by atoms with Crippen LogP contribution in [0, 0.1) is 5.41 Å². The van der Waals surface area contributed by atoms with E-state index < -0.39 is 5.41 Å². The number of carbonyl (C=O) groups excluding carboxylic acids is 2. The van der Waals surface area contributed by atoms with Gasteiger partial charge in [0, 0.05) is 33.7 Å². The smallest absolute Gasteiger partial charge is 0.243 e. The van der Waals surface area contributed by atoms with E-state index in [1.54, 1.807) is 14.1 Å². The van der Waals surface area contributed by atoms with Crippen LogP contribution in [-0.4, -0.2) is 62.9 Å². The average molecular weight is 453 g/mol. The zero-order valence-electron chi connectivity index (χ0n) is 15.7. The molecule has 0 saturated heterocycles. The maximum absolute atomic E-state index is 12.0. The minimum Gasteiger partial charge on any atom is -0.356 e. The van der Waals surface area contributed by atoms with Gasteiger partial charge >= 0.3 is 0 Å². The summed E-state index contributed by atoms with van der Waals surface area (Å²) in [5.41, 5.74) is 0.356. The molecule has 0 aliphatic heterocycles. The molecule has 0 aromatic rings. The molecule has 3 N–H and O–H groups in total. The van der Waals surface area contributed by atoms with Crippen LogP contribution in [0.1, 0.15) is 27.7 Å². The van der Waals surface area contributed by atoms with E-state index in [1.807, 2.05) is 27.7 Å². The lowest BCUT2D eigenvalue weighted by Crippen LogP contribution is -2.48. The first-order chi connectivity index (χ1) is 10.6. The average Bonchev–Trinajstić information content (AvgIpc) is 2.45. The van der Waals surface area contributed by atoms with Crippen LogP contribution in [0.15, 0.2) is 17.1 Å². The van der Waals surface area contributed by atoms with Crippen LogP contribution in [-0.2, 0) is 9.59 Å². The Bertz CT molecular complexity index is 461. The lowest BCUT2D eigenvalue weighted by atomic mass is 9.92. The largest absolute Gasteiger partial charge is 0.356 e. The number of rotatable bonds is 8. The van der Waals surface area contributed by atoms with Crippen molar-refractivity contribution in [2.24, 2.45) is 10.4 Å². The van der Waals surface area contributed by atoms with E-state index in [0.29, 0.717) is 25.6 Å². The number of nitrogens with one attached hydrogen (secondary N) is 3. The first-order valence-electron chi connectivity index (χ1n) is 7.75. The second kappa shape index (κ2) is 12.1. The zero-order chi connectivity index (χ0) is 18.0. The van der Waals surface area contributed by atoms with Gasteiger partial charge in [-0.2, -0.15) is 0 Å². The van der Waals surface area contributed by atoms with Crippen molar-refractivity contribution in [3.63, 3.8) is 0 Å². The highest BCUT2D eigenvalue weighted by Gasteiger charge is 2.27. The van der Waals surface area contributed by atoms with E-state index in [2.05, 4.69) is 27.5 Å². The van der Waals surface area contributed by atoms with Gasteiger partial charge in [-0.15, -0.1) is 24.0 Å². The van der Waals surface area contributed by atoms with Crippen molar-refractivity contribution in [3.8, 4) is 0 Å². The van der Waals surface area contributed by atoms with Gasteiger partial charge in [-0.1, -0.05) is 12.2 Å². The maximum Gasteiger partial charge on any atom is 0.243 e. The summed E-state index contributed by atoms with van der Waals surface area (Å²) < 4.78 is 0. The topological polar surface area (TPSA) is 85.8 Å². The predicted octanol–water partition coefficient (Wildman–Crippen LogP) is 0.966. The molecule has 0 aromatic carbocycles. The van der Waals surface area contributed by atoms with Crippen molar-refractivity contribution in [1.82, 2.24) is 20.9 Å². The molecule has 0 bridgehead atoms. The quantitative estimate of drug-likeness (QED) is 0.221. The third-order valence-electron chi connectivity index (χ3n) is 3.08. The summed E-state index contributed by atoms with van der Waals surface area (Å²) in [5.74, 6) is 0.362. The van der Waals surface area contributed by atoms with Gasteiger partial charge in [0.1, 0.15) is 6.54 Å². The van der Waals surface area contributed by atoms with Gasteiger partial charge in [0.05, 0.1) is 5.41 Å². The van der Waals surface area contributed by atoms with Crippen molar-refractivity contribution in [2.45, 2.75) is 27.7 Å². The molecule has 8 heteroatoms. The Morgan fingerprint density at radius 2 is 1.75 bits per heavy atom. The van der Waals surface area contributed by atoms with Crippen molar-refractivity contribution in [3.05, 3.63) is 12.2 Å². The van der Waals surface area contributed by atoms with Crippen LogP contribution in [0.25, 0.3) is 0 Å². The van der Waals surface area contributed by atoms with Crippen LogP contribution in [0.4, 0.5) is 0 Å². The second-order valence-corrected chi connectivity index (χ2v) is 6.36. The second-order valence-electron chi connectivity index (χ2n) is 6.36. The fraction of sp³-hybridized carbons (Fsp3) is 0.688. The Labute approximate surface area is 162 Å².